The Bertz CT molecular complexity index is 315. The summed E-state index contributed by atoms with van der Waals surface area (Å²) >= 11 is 0. The molecule has 6 heteroatoms. The van der Waals surface area contributed by atoms with Crippen LogP contribution in [0.3, 0.4) is 0 Å². The molecule has 0 aromatic rings. The zero-order chi connectivity index (χ0) is 15.5. The van der Waals surface area contributed by atoms with Crippen molar-refractivity contribution in [2.24, 2.45) is 0 Å². The lowest BCUT2D eigenvalue weighted by Crippen LogP contribution is -2.51. The van der Waals surface area contributed by atoms with Crippen LogP contribution in [0.5, 0.6) is 0 Å². The summed E-state index contributed by atoms with van der Waals surface area (Å²) in [5.41, 5.74) is 0. The second kappa shape index (κ2) is 10.6. The first-order chi connectivity index (χ1) is 10.2. The maximum absolute atomic E-state index is 11.8. The molecule has 0 aliphatic carbocycles. The van der Waals surface area contributed by atoms with Crippen molar-refractivity contribution in [2.45, 2.75) is 33.1 Å². The molecule has 0 atom stereocenters. The Morgan fingerprint density at radius 3 is 1.86 bits per heavy atom. The molecule has 0 unspecified atom stereocenters. The first-order valence-electron chi connectivity index (χ1n) is 8.13. The molecule has 1 heterocycles. The van der Waals surface area contributed by atoms with Crippen LogP contribution in [0.25, 0.3) is 0 Å². The van der Waals surface area contributed by atoms with Crippen LogP contribution >= 0.6 is 0 Å². The first-order valence-corrected chi connectivity index (χ1v) is 8.13. The minimum Gasteiger partial charge on any atom is -0.355 e. The molecule has 0 aromatic heterocycles. The third kappa shape index (κ3) is 8.02. The number of hydrogen-bond donors (Lipinski definition) is 2. The van der Waals surface area contributed by atoms with E-state index < -0.39 is 0 Å². The van der Waals surface area contributed by atoms with E-state index in [1.807, 2.05) is 6.92 Å². The van der Waals surface area contributed by atoms with E-state index in [1.165, 1.54) is 12.8 Å². The average molecular weight is 298 g/mol. The van der Waals surface area contributed by atoms with Crippen molar-refractivity contribution in [3.05, 3.63) is 0 Å². The van der Waals surface area contributed by atoms with Crippen molar-refractivity contribution in [2.75, 3.05) is 52.4 Å². The van der Waals surface area contributed by atoms with E-state index in [9.17, 15) is 9.59 Å². The van der Waals surface area contributed by atoms with Crippen LogP contribution in [-0.4, -0.2) is 74.0 Å². The van der Waals surface area contributed by atoms with Gasteiger partial charge in [0, 0.05) is 39.3 Å². The molecule has 2 amide bonds. The van der Waals surface area contributed by atoms with Crippen molar-refractivity contribution in [1.29, 1.82) is 0 Å². The Morgan fingerprint density at radius 2 is 1.38 bits per heavy atom. The summed E-state index contributed by atoms with van der Waals surface area (Å²) < 4.78 is 0. The number of carbonyl (C=O) groups is 2. The molecule has 6 nitrogen and oxygen atoms in total. The van der Waals surface area contributed by atoms with Gasteiger partial charge in [0.15, 0.2) is 0 Å². The molecular formula is C15H30N4O2. The van der Waals surface area contributed by atoms with E-state index in [0.717, 1.165) is 39.1 Å². The highest BCUT2D eigenvalue weighted by molar-refractivity contribution is 5.78. The van der Waals surface area contributed by atoms with Crippen molar-refractivity contribution in [3.63, 3.8) is 0 Å². The second-order valence-corrected chi connectivity index (χ2v) is 5.56. The van der Waals surface area contributed by atoms with E-state index in [1.54, 1.807) is 0 Å². The third-order valence-electron chi connectivity index (χ3n) is 3.68. The summed E-state index contributed by atoms with van der Waals surface area (Å²) in [4.78, 5) is 27.6. The van der Waals surface area contributed by atoms with Crippen LogP contribution in [-0.2, 0) is 9.59 Å². The van der Waals surface area contributed by atoms with Crippen molar-refractivity contribution >= 4 is 11.8 Å². The molecule has 0 bridgehead atoms. The Balaban J connectivity index is 2.12. The van der Waals surface area contributed by atoms with E-state index >= 15 is 0 Å². The third-order valence-corrected chi connectivity index (χ3v) is 3.68. The Hall–Kier alpha value is -1.14. The monoisotopic (exact) mass is 298 g/mol. The molecule has 1 fully saturated rings. The molecule has 0 aromatic carbocycles. The first kappa shape index (κ1) is 17.9. The van der Waals surface area contributed by atoms with Crippen LogP contribution in [0.4, 0.5) is 0 Å². The van der Waals surface area contributed by atoms with Crippen molar-refractivity contribution in [3.8, 4) is 0 Å². The number of rotatable bonds is 9. The number of nitrogens with one attached hydrogen (secondary N) is 2. The van der Waals surface area contributed by atoms with Gasteiger partial charge in [0.25, 0.3) is 0 Å². The number of likely N-dealkylation sites (N-methyl/N-ethyl adjacent to an activating group) is 1. The summed E-state index contributed by atoms with van der Waals surface area (Å²) in [6, 6.07) is 0. The smallest absolute Gasteiger partial charge is 0.234 e. The van der Waals surface area contributed by atoms with E-state index in [0.29, 0.717) is 19.6 Å². The number of carbonyl (C=O) groups excluding carboxylic acids is 2. The lowest BCUT2D eigenvalue weighted by Gasteiger charge is -2.33. The predicted molar refractivity (Wildman–Crippen MR) is 84.1 cm³/mol. The van der Waals surface area contributed by atoms with Gasteiger partial charge in [-0.2, -0.15) is 0 Å². The summed E-state index contributed by atoms with van der Waals surface area (Å²) in [5, 5.41) is 5.78. The molecule has 21 heavy (non-hydrogen) atoms. The summed E-state index contributed by atoms with van der Waals surface area (Å²) in [5.74, 6) is 0.197. The lowest BCUT2D eigenvalue weighted by molar-refractivity contribution is -0.124. The van der Waals surface area contributed by atoms with Crippen LogP contribution in [0, 0.1) is 0 Å². The highest BCUT2D eigenvalue weighted by atomic mass is 16.2. The zero-order valence-corrected chi connectivity index (χ0v) is 13.5. The van der Waals surface area contributed by atoms with Gasteiger partial charge in [-0.05, 0) is 13.3 Å². The van der Waals surface area contributed by atoms with Gasteiger partial charge >= 0.3 is 0 Å². The normalized spacial score (nSPS) is 16.7. The van der Waals surface area contributed by atoms with Crippen LogP contribution in [0.1, 0.15) is 33.1 Å². The Kier molecular flexibility index (Phi) is 9.01. The molecule has 1 aliphatic heterocycles. The average Bonchev–Trinajstić information content (AvgIpc) is 2.46. The topological polar surface area (TPSA) is 64.7 Å². The number of piperazine rings is 1. The number of amides is 2. The number of hydrogen-bond acceptors (Lipinski definition) is 4. The fourth-order valence-electron chi connectivity index (χ4n) is 2.42. The maximum Gasteiger partial charge on any atom is 0.234 e. The van der Waals surface area contributed by atoms with Gasteiger partial charge in [0.1, 0.15) is 0 Å². The molecule has 1 aliphatic rings. The van der Waals surface area contributed by atoms with Gasteiger partial charge < -0.3 is 10.6 Å². The predicted octanol–water partition coefficient (Wildman–Crippen LogP) is 0.0465. The van der Waals surface area contributed by atoms with E-state index in [4.69, 9.17) is 0 Å². The summed E-state index contributed by atoms with van der Waals surface area (Å²) in [6.45, 7) is 9.87. The van der Waals surface area contributed by atoms with Gasteiger partial charge in [-0.25, -0.2) is 0 Å². The molecule has 1 rings (SSSR count). The van der Waals surface area contributed by atoms with E-state index in [2.05, 4.69) is 27.4 Å². The van der Waals surface area contributed by atoms with Gasteiger partial charge in [-0.3, -0.25) is 19.4 Å². The number of nitrogens with zero attached hydrogens (tertiary/aromatic N) is 2. The molecule has 0 saturated carbocycles. The SMILES string of the molecule is CCCCCNC(=O)CN1CCN(CC(=O)NCC)CC1. The second-order valence-electron chi connectivity index (χ2n) is 5.56. The Morgan fingerprint density at radius 1 is 0.857 bits per heavy atom. The fourth-order valence-corrected chi connectivity index (χ4v) is 2.42. The van der Waals surface area contributed by atoms with Gasteiger partial charge in [0.2, 0.25) is 11.8 Å². The highest BCUT2D eigenvalue weighted by Crippen LogP contribution is 2.01. The minimum absolute atomic E-state index is 0.0830. The van der Waals surface area contributed by atoms with Gasteiger partial charge in [0.05, 0.1) is 13.1 Å². The fraction of sp³-hybridized carbons (Fsp3) is 0.867. The minimum atomic E-state index is 0.0830. The summed E-state index contributed by atoms with van der Waals surface area (Å²) in [6.07, 6.45) is 3.39. The van der Waals surface area contributed by atoms with Crippen molar-refractivity contribution in [1.82, 2.24) is 20.4 Å². The maximum atomic E-state index is 11.8. The molecule has 1 saturated heterocycles. The zero-order valence-electron chi connectivity index (χ0n) is 13.5. The quantitative estimate of drug-likeness (QED) is 0.590. The molecule has 0 spiro atoms. The molecule has 122 valence electrons. The van der Waals surface area contributed by atoms with Crippen LogP contribution in [0.2, 0.25) is 0 Å². The van der Waals surface area contributed by atoms with E-state index in [-0.39, 0.29) is 11.8 Å². The van der Waals surface area contributed by atoms with Crippen molar-refractivity contribution < 1.29 is 9.59 Å². The molecular weight excluding hydrogens is 268 g/mol. The van der Waals surface area contributed by atoms with Gasteiger partial charge in [-0.15, -0.1) is 0 Å². The molecule has 0 radical (unpaired) electrons. The summed E-state index contributed by atoms with van der Waals surface area (Å²) in [7, 11) is 0. The molecule has 2 N–H and O–H groups in total. The highest BCUT2D eigenvalue weighted by Gasteiger charge is 2.20. The standard InChI is InChI=1S/C15H30N4O2/c1-3-5-6-7-17-15(21)13-19-10-8-18(9-11-19)12-14(20)16-4-2/h3-13H2,1-2H3,(H,16,20)(H,17,21). The van der Waals surface area contributed by atoms with Crippen LogP contribution in [0.15, 0.2) is 0 Å². The lowest BCUT2D eigenvalue weighted by atomic mass is 10.2. The largest absolute Gasteiger partial charge is 0.355 e. The van der Waals surface area contributed by atoms with Crippen LogP contribution < -0.4 is 10.6 Å². The number of unbranched alkanes of at least 4 members (excludes halogenated alkanes) is 2. The van der Waals surface area contributed by atoms with Gasteiger partial charge in [-0.1, -0.05) is 19.8 Å². The Labute approximate surface area is 128 Å².